The first-order valence-electron chi connectivity index (χ1n) is 9.46. The molecule has 9 heteroatoms. The number of aromatic amines is 2. The first-order chi connectivity index (χ1) is 13.1. The largest absolute Gasteiger partial charge is 0.369 e. The van der Waals surface area contributed by atoms with Crippen LogP contribution in [0.2, 0.25) is 0 Å². The number of anilines is 1. The molecule has 3 aromatic rings. The van der Waals surface area contributed by atoms with Crippen LogP contribution in [0, 0.1) is 13.8 Å². The maximum Gasteiger partial charge on any atom is 0.340 e. The van der Waals surface area contributed by atoms with Gasteiger partial charge in [-0.15, -0.1) is 11.3 Å². The first kappa shape index (κ1) is 18.1. The minimum atomic E-state index is -0.258. The lowest BCUT2D eigenvalue weighted by Gasteiger charge is -2.15. The smallest absolute Gasteiger partial charge is 0.340 e. The van der Waals surface area contributed by atoms with Crippen molar-refractivity contribution >= 4 is 27.4 Å². The third kappa shape index (κ3) is 4.03. The van der Waals surface area contributed by atoms with E-state index >= 15 is 0 Å². The summed E-state index contributed by atoms with van der Waals surface area (Å²) in [5.74, 6) is 2.50. The van der Waals surface area contributed by atoms with Gasteiger partial charge >= 0.3 is 5.69 Å². The molecule has 0 bridgehead atoms. The minimum Gasteiger partial charge on any atom is -0.369 e. The summed E-state index contributed by atoms with van der Waals surface area (Å²) in [5.41, 5.74) is 0.994. The van der Waals surface area contributed by atoms with Crippen LogP contribution in [-0.2, 0) is 13.0 Å². The Hall–Kier alpha value is -2.26. The highest BCUT2D eigenvalue weighted by molar-refractivity contribution is 7.18. The monoisotopic (exact) mass is 387 g/mol. The number of thiophene rings is 1. The number of aryl methyl sites for hydroxylation is 3. The summed E-state index contributed by atoms with van der Waals surface area (Å²) in [6, 6.07) is 0. The molecule has 0 atom stereocenters. The van der Waals surface area contributed by atoms with Crippen LogP contribution in [0.1, 0.15) is 41.4 Å². The highest BCUT2D eigenvalue weighted by Gasteiger charge is 2.18. The molecule has 4 rings (SSSR count). The molecular formula is C18H25N7OS. The van der Waals surface area contributed by atoms with Crippen molar-refractivity contribution < 1.29 is 0 Å². The van der Waals surface area contributed by atoms with Gasteiger partial charge in [0.25, 0.3) is 0 Å². The number of H-pyrrole nitrogens is 2. The van der Waals surface area contributed by atoms with E-state index in [1.54, 1.807) is 11.3 Å². The van der Waals surface area contributed by atoms with Crippen molar-refractivity contribution in [3.63, 3.8) is 0 Å². The summed E-state index contributed by atoms with van der Waals surface area (Å²) in [4.78, 5) is 28.2. The second kappa shape index (κ2) is 7.77. The second-order valence-electron chi connectivity index (χ2n) is 7.09. The lowest BCUT2D eigenvalue weighted by Crippen LogP contribution is -2.20. The van der Waals surface area contributed by atoms with Gasteiger partial charge in [0.05, 0.1) is 11.9 Å². The molecule has 4 heterocycles. The number of hydrogen-bond donors (Lipinski definition) is 3. The molecule has 1 fully saturated rings. The molecule has 0 aromatic carbocycles. The van der Waals surface area contributed by atoms with Gasteiger partial charge in [0.1, 0.15) is 22.3 Å². The number of likely N-dealkylation sites (tertiary alicyclic amines) is 1. The zero-order chi connectivity index (χ0) is 18.8. The Bertz CT molecular complexity index is 983. The fourth-order valence-corrected chi connectivity index (χ4v) is 4.57. The normalized spacial score (nSPS) is 15.0. The molecular weight excluding hydrogens is 362 g/mol. The first-order valence-corrected chi connectivity index (χ1v) is 10.3. The van der Waals surface area contributed by atoms with Gasteiger partial charge in [0, 0.05) is 17.8 Å². The molecule has 0 amide bonds. The van der Waals surface area contributed by atoms with E-state index in [0.717, 1.165) is 54.5 Å². The molecule has 0 aliphatic carbocycles. The fourth-order valence-electron chi connectivity index (χ4n) is 3.52. The summed E-state index contributed by atoms with van der Waals surface area (Å²) < 4.78 is 0. The van der Waals surface area contributed by atoms with Gasteiger partial charge in [-0.25, -0.2) is 19.9 Å². The second-order valence-corrected chi connectivity index (χ2v) is 8.29. The van der Waals surface area contributed by atoms with Gasteiger partial charge in [0.2, 0.25) is 0 Å². The van der Waals surface area contributed by atoms with Gasteiger partial charge in [-0.3, -0.25) is 9.88 Å². The molecule has 0 radical (unpaired) electrons. The Balaban J connectivity index is 1.50. The lowest BCUT2D eigenvalue weighted by atomic mass is 10.2. The summed E-state index contributed by atoms with van der Waals surface area (Å²) >= 11 is 1.74. The highest BCUT2D eigenvalue weighted by atomic mass is 32.1. The maximum absolute atomic E-state index is 11.1. The quantitative estimate of drug-likeness (QED) is 0.538. The molecule has 0 saturated carbocycles. The van der Waals surface area contributed by atoms with Crippen molar-refractivity contribution in [2.45, 2.75) is 46.1 Å². The van der Waals surface area contributed by atoms with E-state index in [1.165, 1.54) is 23.3 Å². The zero-order valence-corrected chi connectivity index (χ0v) is 16.6. The van der Waals surface area contributed by atoms with Crippen LogP contribution in [0.5, 0.6) is 0 Å². The van der Waals surface area contributed by atoms with Crippen LogP contribution in [0.3, 0.4) is 0 Å². The predicted molar refractivity (Wildman–Crippen MR) is 107 cm³/mol. The minimum absolute atomic E-state index is 0.258. The highest BCUT2D eigenvalue weighted by Crippen LogP contribution is 2.33. The van der Waals surface area contributed by atoms with Crippen LogP contribution < -0.4 is 11.0 Å². The van der Waals surface area contributed by atoms with E-state index in [9.17, 15) is 4.79 Å². The summed E-state index contributed by atoms with van der Waals surface area (Å²) in [7, 11) is 0. The Morgan fingerprint density at radius 1 is 1.22 bits per heavy atom. The van der Waals surface area contributed by atoms with Crippen molar-refractivity contribution in [1.29, 1.82) is 0 Å². The number of rotatable bonds is 7. The van der Waals surface area contributed by atoms with Crippen molar-refractivity contribution in [3.05, 3.63) is 32.6 Å². The topological polar surface area (TPSA) is 103 Å². The number of nitrogens with one attached hydrogen (secondary N) is 3. The van der Waals surface area contributed by atoms with Crippen molar-refractivity contribution in [1.82, 2.24) is 30.0 Å². The van der Waals surface area contributed by atoms with Crippen LogP contribution in [-0.4, -0.2) is 49.7 Å². The van der Waals surface area contributed by atoms with E-state index < -0.39 is 0 Å². The van der Waals surface area contributed by atoms with Gasteiger partial charge < -0.3 is 5.32 Å². The number of hydrogen-bond acceptors (Lipinski definition) is 7. The van der Waals surface area contributed by atoms with Crippen LogP contribution in [0.15, 0.2) is 4.79 Å². The fraction of sp³-hybridized carbons (Fsp3) is 0.556. The molecule has 0 spiro atoms. The molecule has 8 nitrogen and oxygen atoms in total. The molecule has 27 heavy (non-hydrogen) atoms. The van der Waals surface area contributed by atoms with E-state index in [0.29, 0.717) is 12.2 Å². The summed E-state index contributed by atoms with van der Waals surface area (Å²) in [6.45, 7) is 8.12. The van der Waals surface area contributed by atoms with Gasteiger partial charge in [-0.2, -0.15) is 5.10 Å². The van der Waals surface area contributed by atoms with Crippen LogP contribution in [0.25, 0.3) is 10.2 Å². The molecule has 0 unspecified atom stereocenters. The number of fused-ring (bicyclic) bond motifs is 1. The Labute approximate surface area is 161 Å². The standard InChI is InChI=1S/C18H25N7OS/c1-11-12(2)27-17-15(11)16(19-7-5-6-13-22-18(26)24-23-13)20-14(21-17)10-25-8-3-4-9-25/h3-10H2,1-2H3,(H,19,20,21)(H2,22,23,24,26). The van der Waals surface area contributed by atoms with Gasteiger partial charge in [-0.05, 0) is 51.8 Å². The average molecular weight is 388 g/mol. The van der Waals surface area contributed by atoms with Gasteiger partial charge in [-0.1, -0.05) is 0 Å². The van der Waals surface area contributed by atoms with Crippen molar-refractivity contribution in [3.8, 4) is 0 Å². The van der Waals surface area contributed by atoms with Crippen molar-refractivity contribution in [2.24, 2.45) is 0 Å². The van der Waals surface area contributed by atoms with Crippen molar-refractivity contribution in [2.75, 3.05) is 25.0 Å². The van der Waals surface area contributed by atoms with E-state index in [4.69, 9.17) is 9.97 Å². The number of aromatic nitrogens is 5. The van der Waals surface area contributed by atoms with E-state index in [-0.39, 0.29) is 5.69 Å². The molecule has 1 saturated heterocycles. The molecule has 144 valence electrons. The Morgan fingerprint density at radius 3 is 2.78 bits per heavy atom. The zero-order valence-electron chi connectivity index (χ0n) is 15.8. The van der Waals surface area contributed by atoms with E-state index in [1.807, 2.05) is 0 Å². The Kier molecular flexibility index (Phi) is 5.22. The maximum atomic E-state index is 11.1. The molecule has 1 aliphatic rings. The average Bonchev–Trinajstić information content (AvgIpc) is 3.35. The molecule has 3 aromatic heterocycles. The lowest BCUT2D eigenvalue weighted by molar-refractivity contribution is 0.323. The molecule has 3 N–H and O–H groups in total. The summed E-state index contributed by atoms with van der Waals surface area (Å²) in [6.07, 6.45) is 4.10. The van der Waals surface area contributed by atoms with Crippen LogP contribution in [0.4, 0.5) is 5.82 Å². The predicted octanol–water partition coefficient (Wildman–Crippen LogP) is 2.36. The third-order valence-electron chi connectivity index (χ3n) is 5.07. The Morgan fingerprint density at radius 2 is 2.04 bits per heavy atom. The van der Waals surface area contributed by atoms with Gasteiger partial charge in [0.15, 0.2) is 0 Å². The SMILES string of the molecule is Cc1sc2nc(CN3CCCC3)nc(NCCCc3n[nH]c(=O)[nH]3)c2c1C. The third-order valence-corrected chi connectivity index (χ3v) is 6.17. The molecule has 1 aliphatic heterocycles. The van der Waals surface area contributed by atoms with E-state index in [2.05, 4.69) is 39.2 Å². The summed E-state index contributed by atoms with van der Waals surface area (Å²) in [5, 5.41) is 11.0. The van der Waals surface area contributed by atoms with Crippen LogP contribution >= 0.6 is 11.3 Å². The number of nitrogens with zero attached hydrogens (tertiary/aromatic N) is 4.